The van der Waals surface area contributed by atoms with Crippen molar-refractivity contribution in [2.75, 3.05) is 0 Å². The lowest BCUT2D eigenvalue weighted by atomic mass is 10.00. The second kappa shape index (κ2) is 12.3. The first kappa shape index (κ1) is 31.5. The molecule has 0 aliphatic rings. The molecule has 4 heterocycles. The van der Waals surface area contributed by atoms with Gasteiger partial charge in [0.05, 0.1) is 16.6 Å². The Balaban J connectivity index is 1.04. The maximum absolute atomic E-state index is 6.96. The Bertz CT molecular complexity index is 3530. The number of hydrogen-bond acceptors (Lipinski definition) is 5. The fraction of sp³-hybridized carbons (Fsp3) is 0. The van der Waals surface area contributed by atoms with Crippen LogP contribution in [0.1, 0.15) is 0 Å². The molecule has 0 fully saturated rings. The van der Waals surface area contributed by atoms with Gasteiger partial charge < -0.3 is 13.4 Å². The molecule has 6 heteroatoms. The molecule has 0 unspecified atom stereocenters. The zero-order chi connectivity index (χ0) is 37.5. The molecule has 0 saturated heterocycles. The summed E-state index contributed by atoms with van der Waals surface area (Å²) < 4.78 is 15.6. The van der Waals surface area contributed by atoms with Gasteiger partial charge in [-0.3, -0.25) is 0 Å². The quantitative estimate of drug-likeness (QED) is 0.176. The molecule has 6 nitrogen and oxygen atoms in total. The Morgan fingerprint density at radius 3 is 1.75 bits per heavy atom. The molecule has 12 aromatic rings. The van der Waals surface area contributed by atoms with E-state index in [1.165, 1.54) is 16.3 Å². The lowest BCUT2D eigenvalue weighted by molar-refractivity contribution is 0.669. The van der Waals surface area contributed by atoms with Gasteiger partial charge in [-0.2, -0.15) is 0 Å². The molecular formula is C51H30N4O2. The van der Waals surface area contributed by atoms with Gasteiger partial charge in [0, 0.05) is 54.7 Å². The molecule has 8 aromatic carbocycles. The van der Waals surface area contributed by atoms with Gasteiger partial charge in [0.15, 0.2) is 17.5 Å². The zero-order valence-electron chi connectivity index (χ0n) is 30.4. The molecule has 0 saturated carbocycles. The first-order valence-corrected chi connectivity index (χ1v) is 19.0. The molecule has 12 rings (SSSR count). The van der Waals surface area contributed by atoms with E-state index in [9.17, 15) is 0 Å². The summed E-state index contributed by atoms with van der Waals surface area (Å²) in [7, 11) is 0. The van der Waals surface area contributed by atoms with E-state index in [0.29, 0.717) is 17.5 Å². The predicted octanol–water partition coefficient (Wildman–Crippen LogP) is 13.4. The van der Waals surface area contributed by atoms with Crippen LogP contribution in [0.5, 0.6) is 0 Å². The molecule has 0 radical (unpaired) electrons. The molecular weight excluding hydrogens is 701 g/mol. The van der Waals surface area contributed by atoms with Crippen LogP contribution in [-0.4, -0.2) is 19.5 Å². The third kappa shape index (κ3) is 4.94. The molecule has 0 bridgehead atoms. The minimum Gasteiger partial charge on any atom is -0.456 e. The van der Waals surface area contributed by atoms with Crippen molar-refractivity contribution < 1.29 is 8.83 Å². The number of furan rings is 2. The lowest BCUT2D eigenvalue weighted by Crippen LogP contribution is -2.00. The number of fused-ring (bicyclic) bond motifs is 9. The van der Waals surface area contributed by atoms with Crippen molar-refractivity contribution in [1.82, 2.24) is 19.5 Å². The van der Waals surface area contributed by atoms with Gasteiger partial charge in [-0.1, -0.05) is 127 Å². The van der Waals surface area contributed by atoms with Crippen molar-refractivity contribution in [3.05, 3.63) is 182 Å². The fourth-order valence-corrected chi connectivity index (χ4v) is 8.43. The van der Waals surface area contributed by atoms with E-state index in [4.69, 9.17) is 23.8 Å². The van der Waals surface area contributed by atoms with Crippen molar-refractivity contribution in [3.8, 4) is 51.0 Å². The molecule has 57 heavy (non-hydrogen) atoms. The van der Waals surface area contributed by atoms with Gasteiger partial charge in [0.25, 0.3) is 0 Å². The topological polar surface area (TPSA) is 69.9 Å². The highest BCUT2D eigenvalue weighted by Gasteiger charge is 2.21. The van der Waals surface area contributed by atoms with Crippen LogP contribution in [0.2, 0.25) is 0 Å². The molecule has 0 aliphatic heterocycles. The molecule has 0 spiro atoms. The van der Waals surface area contributed by atoms with Gasteiger partial charge in [-0.05, 0) is 60.2 Å². The molecule has 0 atom stereocenters. The smallest absolute Gasteiger partial charge is 0.167 e. The van der Waals surface area contributed by atoms with Crippen LogP contribution in [0.15, 0.2) is 191 Å². The van der Waals surface area contributed by atoms with E-state index in [1.54, 1.807) is 0 Å². The van der Waals surface area contributed by atoms with Crippen LogP contribution >= 0.6 is 0 Å². The summed E-state index contributed by atoms with van der Waals surface area (Å²) in [6.07, 6.45) is 0. The van der Waals surface area contributed by atoms with Crippen molar-refractivity contribution in [3.63, 3.8) is 0 Å². The van der Waals surface area contributed by atoms with Crippen molar-refractivity contribution in [2.45, 2.75) is 0 Å². The minimum atomic E-state index is 0.532. The second-order valence-electron chi connectivity index (χ2n) is 14.4. The molecule has 0 amide bonds. The average Bonchev–Trinajstić information content (AvgIpc) is 3.96. The first-order valence-electron chi connectivity index (χ1n) is 19.0. The number of rotatable bonds is 5. The maximum Gasteiger partial charge on any atom is 0.167 e. The van der Waals surface area contributed by atoms with Crippen LogP contribution in [0.4, 0.5) is 0 Å². The van der Waals surface area contributed by atoms with Gasteiger partial charge in [0.2, 0.25) is 0 Å². The Morgan fingerprint density at radius 1 is 0.333 bits per heavy atom. The number of nitrogens with zero attached hydrogens (tertiary/aromatic N) is 4. The fourth-order valence-electron chi connectivity index (χ4n) is 8.43. The van der Waals surface area contributed by atoms with Gasteiger partial charge >= 0.3 is 0 Å². The highest BCUT2D eigenvalue weighted by Crippen LogP contribution is 2.42. The summed E-state index contributed by atoms with van der Waals surface area (Å²) >= 11 is 0. The summed E-state index contributed by atoms with van der Waals surface area (Å²) in [6.45, 7) is 0. The highest BCUT2D eigenvalue weighted by molar-refractivity contribution is 6.15. The number of benzene rings is 8. The van der Waals surface area contributed by atoms with Gasteiger partial charge in [-0.15, -0.1) is 0 Å². The Morgan fingerprint density at radius 2 is 0.930 bits per heavy atom. The minimum absolute atomic E-state index is 0.532. The lowest BCUT2D eigenvalue weighted by Gasteiger charge is -2.09. The van der Waals surface area contributed by atoms with E-state index < -0.39 is 0 Å². The molecule has 0 aliphatic carbocycles. The third-order valence-corrected chi connectivity index (χ3v) is 11.1. The largest absolute Gasteiger partial charge is 0.456 e. The first-order chi connectivity index (χ1) is 28.2. The molecule has 0 N–H and O–H groups in total. The monoisotopic (exact) mass is 730 g/mol. The predicted molar refractivity (Wildman–Crippen MR) is 230 cm³/mol. The van der Waals surface area contributed by atoms with Crippen LogP contribution in [0, 0.1) is 0 Å². The SMILES string of the molecule is c1ccc(-c2nc(-c3ccc4c(c3)oc3ccccc34)nc(-c3cccc4c3oc3c(-c5ccc6c(c5)c5ccccc5n6-c5ccccc5)cccc34)n2)cc1. The number of hydrogen-bond donors (Lipinski definition) is 0. The van der Waals surface area contributed by atoms with Crippen LogP contribution in [0.25, 0.3) is 117 Å². The Hall–Kier alpha value is -7.83. The van der Waals surface area contributed by atoms with Gasteiger partial charge in [0.1, 0.15) is 22.3 Å². The third-order valence-electron chi connectivity index (χ3n) is 11.1. The number of aromatic nitrogens is 4. The highest BCUT2D eigenvalue weighted by atomic mass is 16.3. The Labute approximate surface area is 325 Å². The van der Waals surface area contributed by atoms with Crippen molar-refractivity contribution >= 4 is 65.7 Å². The Kier molecular flexibility index (Phi) is 6.83. The van der Waals surface area contributed by atoms with E-state index in [1.807, 2.05) is 60.7 Å². The van der Waals surface area contributed by atoms with E-state index >= 15 is 0 Å². The van der Waals surface area contributed by atoms with Crippen LogP contribution < -0.4 is 0 Å². The van der Waals surface area contributed by atoms with Crippen LogP contribution in [-0.2, 0) is 0 Å². The van der Waals surface area contributed by atoms with E-state index in [0.717, 1.165) is 82.9 Å². The van der Waals surface area contributed by atoms with Crippen molar-refractivity contribution in [1.29, 1.82) is 0 Å². The van der Waals surface area contributed by atoms with Crippen molar-refractivity contribution in [2.24, 2.45) is 0 Å². The standard InChI is InChI=1S/C51H30N4O2/c1-3-13-31(14-4-1)49-52-50(33-25-27-38-37-18-8-10-24-45(37)56-46(38)30-33)54-51(53-49)41-22-12-21-40-39-20-11-19-35(47(39)57-48(40)41)32-26-28-44-42(29-32)36-17-7-9-23-43(36)55(44)34-15-5-2-6-16-34/h1-30H. The normalized spacial score (nSPS) is 11.9. The summed E-state index contributed by atoms with van der Waals surface area (Å²) in [4.78, 5) is 15.2. The summed E-state index contributed by atoms with van der Waals surface area (Å²) in [5, 5.41) is 6.55. The van der Waals surface area contributed by atoms with Gasteiger partial charge in [-0.25, -0.2) is 15.0 Å². The summed E-state index contributed by atoms with van der Waals surface area (Å²) in [5.41, 5.74) is 11.3. The van der Waals surface area contributed by atoms with E-state index in [2.05, 4.69) is 126 Å². The average molecular weight is 731 g/mol. The number of para-hydroxylation sites is 5. The molecule has 4 aromatic heterocycles. The summed E-state index contributed by atoms with van der Waals surface area (Å²) in [6, 6.07) is 62.7. The van der Waals surface area contributed by atoms with E-state index in [-0.39, 0.29) is 0 Å². The molecule has 266 valence electrons. The summed E-state index contributed by atoms with van der Waals surface area (Å²) in [5.74, 6) is 1.67. The second-order valence-corrected chi connectivity index (χ2v) is 14.4. The zero-order valence-corrected chi connectivity index (χ0v) is 30.4. The maximum atomic E-state index is 6.96. The van der Waals surface area contributed by atoms with Crippen LogP contribution in [0.3, 0.4) is 0 Å².